The monoisotopic (exact) mass is 215 g/mol. The first-order valence-corrected chi connectivity index (χ1v) is 5.91. The third kappa shape index (κ3) is 5.00. The van der Waals surface area contributed by atoms with E-state index in [4.69, 9.17) is 0 Å². The SMILES string of the molecule is CC#CCNC(C)CCc1cccc(C)c1. The molecule has 1 aromatic carbocycles. The number of nitrogens with one attached hydrogen (secondary N) is 1. The molecule has 0 heterocycles. The Bertz CT molecular complexity index is 371. The van der Waals surface area contributed by atoms with E-state index < -0.39 is 0 Å². The van der Waals surface area contributed by atoms with Crippen LogP contribution in [0.2, 0.25) is 0 Å². The maximum Gasteiger partial charge on any atom is 0.0578 e. The van der Waals surface area contributed by atoms with Gasteiger partial charge >= 0.3 is 0 Å². The van der Waals surface area contributed by atoms with Crippen molar-refractivity contribution < 1.29 is 0 Å². The van der Waals surface area contributed by atoms with Gasteiger partial charge < -0.3 is 5.32 Å². The number of aryl methyl sites for hydroxylation is 2. The largest absolute Gasteiger partial charge is 0.304 e. The summed E-state index contributed by atoms with van der Waals surface area (Å²) in [6, 6.07) is 9.26. The van der Waals surface area contributed by atoms with Crippen molar-refractivity contribution in [1.29, 1.82) is 0 Å². The van der Waals surface area contributed by atoms with Crippen molar-refractivity contribution >= 4 is 0 Å². The van der Waals surface area contributed by atoms with Gasteiger partial charge in [0.2, 0.25) is 0 Å². The predicted molar refractivity (Wildman–Crippen MR) is 70.4 cm³/mol. The standard InChI is InChI=1S/C15H21N/c1-4-5-11-16-14(3)9-10-15-8-6-7-13(2)12-15/h6-8,12,14,16H,9-11H2,1-3H3. The Morgan fingerprint density at radius 3 is 2.88 bits per heavy atom. The van der Waals surface area contributed by atoms with Crippen molar-refractivity contribution in [1.82, 2.24) is 5.32 Å². The molecule has 0 saturated carbocycles. The van der Waals surface area contributed by atoms with Crippen LogP contribution < -0.4 is 5.32 Å². The minimum Gasteiger partial charge on any atom is -0.304 e. The van der Waals surface area contributed by atoms with Crippen LogP contribution in [0, 0.1) is 18.8 Å². The molecule has 1 rings (SSSR count). The Morgan fingerprint density at radius 2 is 2.19 bits per heavy atom. The summed E-state index contributed by atoms with van der Waals surface area (Å²) in [5.41, 5.74) is 2.77. The molecule has 1 heteroatoms. The molecule has 0 radical (unpaired) electrons. The molecule has 1 N–H and O–H groups in total. The van der Waals surface area contributed by atoms with E-state index >= 15 is 0 Å². The number of rotatable bonds is 5. The summed E-state index contributed by atoms with van der Waals surface area (Å²) in [5.74, 6) is 5.92. The second-order valence-corrected chi connectivity index (χ2v) is 4.24. The van der Waals surface area contributed by atoms with E-state index in [2.05, 4.69) is 55.3 Å². The van der Waals surface area contributed by atoms with Gasteiger partial charge in [-0.1, -0.05) is 35.7 Å². The molecule has 16 heavy (non-hydrogen) atoms. The summed E-state index contributed by atoms with van der Waals surface area (Å²) >= 11 is 0. The molecule has 1 aromatic rings. The molecule has 0 aromatic heterocycles. The first-order valence-electron chi connectivity index (χ1n) is 5.91. The third-order valence-electron chi connectivity index (χ3n) is 2.66. The van der Waals surface area contributed by atoms with E-state index in [9.17, 15) is 0 Å². The molecule has 0 amide bonds. The van der Waals surface area contributed by atoms with Crippen LogP contribution in [0.15, 0.2) is 24.3 Å². The summed E-state index contributed by atoms with van der Waals surface area (Å²) in [7, 11) is 0. The van der Waals surface area contributed by atoms with Gasteiger partial charge in [-0.25, -0.2) is 0 Å². The fourth-order valence-electron chi connectivity index (χ4n) is 1.67. The molecular formula is C15H21N. The summed E-state index contributed by atoms with van der Waals surface area (Å²) < 4.78 is 0. The number of hydrogen-bond donors (Lipinski definition) is 1. The zero-order valence-corrected chi connectivity index (χ0v) is 10.5. The molecule has 86 valence electrons. The van der Waals surface area contributed by atoms with Crippen LogP contribution in [0.3, 0.4) is 0 Å². The lowest BCUT2D eigenvalue weighted by Crippen LogP contribution is -2.26. The topological polar surface area (TPSA) is 12.0 Å². The lowest BCUT2D eigenvalue weighted by molar-refractivity contribution is 0.546. The molecule has 1 nitrogen and oxygen atoms in total. The van der Waals surface area contributed by atoms with Crippen molar-refractivity contribution in [2.75, 3.05) is 6.54 Å². The van der Waals surface area contributed by atoms with Crippen LogP contribution >= 0.6 is 0 Å². The smallest absolute Gasteiger partial charge is 0.0578 e. The van der Waals surface area contributed by atoms with Crippen LogP contribution in [-0.2, 0) is 6.42 Å². The van der Waals surface area contributed by atoms with Gasteiger partial charge in [-0.3, -0.25) is 0 Å². The van der Waals surface area contributed by atoms with Crippen LogP contribution in [0.1, 0.15) is 31.4 Å². The summed E-state index contributed by atoms with van der Waals surface area (Å²) in [6.07, 6.45) is 2.30. The van der Waals surface area contributed by atoms with Gasteiger partial charge in [-0.15, -0.1) is 5.92 Å². The second-order valence-electron chi connectivity index (χ2n) is 4.24. The predicted octanol–water partition coefficient (Wildman–Crippen LogP) is 2.93. The second kappa shape index (κ2) is 7.09. The van der Waals surface area contributed by atoms with Gasteiger partial charge in [-0.2, -0.15) is 0 Å². The van der Waals surface area contributed by atoms with E-state index in [0.29, 0.717) is 6.04 Å². The molecule has 0 aliphatic heterocycles. The Kier molecular flexibility index (Phi) is 5.67. The zero-order chi connectivity index (χ0) is 11.8. The Balaban J connectivity index is 2.30. The molecular weight excluding hydrogens is 194 g/mol. The van der Waals surface area contributed by atoms with Crippen LogP contribution in [0.4, 0.5) is 0 Å². The lowest BCUT2D eigenvalue weighted by Gasteiger charge is -2.11. The lowest BCUT2D eigenvalue weighted by atomic mass is 10.0. The van der Waals surface area contributed by atoms with Gasteiger partial charge in [0.25, 0.3) is 0 Å². The normalized spacial score (nSPS) is 11.7. The van der Waals surface area contributed by atoms with E-state index in [1.54, 1.807) is 0 Å². The van der Waals surface area contributed by atoms with Crippen molar-refractivity contribution in [3.63, 3.8) is 0 Å². The molecule has 0 saturated heterocycles. The van der Waals surface area contributed by atoms with Crippen molar-refractivity contribution in [2.45, 2.75) is 39.7 Å². The molecule has 0 aliphatic rings. The molecule has 0 fully saturated rings. The average molecular weight is 215 g/mol. The Hall–Kier alpha value is -1.26. The van der Waals surface area contributed by atoms with Crippen molar-refractivity contribution in [3.8, 4) is 11.8 Å². The molecule has 0 aliphatic carbocycles. The maximum atomic E-state index is 3.39. The third-order valence-corrected chi connectivity index (χ3v) is 2.66. The van der Waals surface area contributed by atoms with Gasteiger partial charge in [-0.05, 0) is 39.2 Å². The quantitative estimate of drug-likeness (QED) is 0.745. The van der Waals surface area contributed by atoms with E-state index in [1.807, 2.05) is 6.92 Å². The zero-order valence-electron chi connectivity index (χ0n) is 10.5. The Labute approximate surface area is 99.3 Å². The Morgan fingerprint density at radius 1 is 1.38 bits per heavy atom. The highest BCUT2D eigenvalue weighted by Crippen LogP contribution is 2.07. The van der Waals surface area contributed by atoms with Gasteiger partial charge in [0, 0.05) is 6.04 Å². The van der Waals surface area contributed by atoms with Crippen LogP contribution in [0.5, 0.6) is 0 Å². The van der Waals surface area contributed by atoms with E-state index in [0.717, 1.165) is 19.4 Å². The van der Waals surface area contributed by atoms with E-state index in [-0.39, 0.29) is 0 Å². The van der Waals surface area contributed by atoms with Crippen molar-refractivity contribution in [3.05, 3.63) is 35.4 Å². The number of hydrogen-bond acceptors (Lipinski definition) is 1. The highest BCUT2D eigenvalue weighted by Gasteiger charge is 2.00. The van der Waals surface area contributed by atoms with Gasteiger partial charge in [0.05, 0.1) is 6.54 Å². The van der Waals surface area contributed by atoms with Crippen LogP contribution in [0.25, 0.3) is 0 Å². The van der Waals surface area contributed by atoms with Crippen molar-refractivity contribution in [2.24, 2.45) is 0 Å². The first-order chi connectivity index (χ1) is 7.72. The molecule has 1 atom stereocenters. The number of benzene rings is 1. The summed E-state index contributed by atoms with van der Waals surface area (Å²) in [6.45, 7) is 7.03. The minimum absolute atomic E-state index is 0.529. The minimum atomic E-state index is 0.529. The highest BCUT2D eigenvalue weighted by atomic mass is 14.9. The van der Waals surface area contributed by atoms with Gasteiger partial charge in [0.1, 0.15) is 0 Å². The maximum absolute atomic E-state index is 3.39. The fraction of sp³-hybridized carbons (Fsp3) is 0.467. The first kappa shape index (κ1) is 12.8. The average Bonchev–Trinajstić information content (AvgIpc) is 2.27. The fourth-order valence-corrected chi connectivity index (χ4v) is 1.67. The van der Waals surface area contributed by atoms with Crippen LogP contribution in [-0.4, -0.2) is 12.6 Å². The highest BCUT2D eigenvalue weighted by molar-refractivity contribution is 5.22. The molecule has 0 spiro atoms. The molecule has 1 unspecified atom stereocenters. The summed E-state index contributed by atoms with van der Waals surface area (Å²) in [5, 5.41) is 3.39. The van der Waals surface area contributed by atoms with E-state index in [1.165, 1.54) is 11.1 Å². The van der Waals surface area contributed by atoms with Gasteiger partial charge in [0.15, 0.2) is 0 Å². The summed E-state index contributed by atoms with van der Waals surface area (Å²) in [4.78, 5) is 0. The molecule has 0 bridgehead atoms.